The highest BCUT2D eigenvalue weighted by Crippen LogP contribution is 2.34. The first-order valence-electron chi connectivity index (χ1n) is 10.1. The molecule has 4 nitrogen and oxygen atoms in total. The maximum Gasteiger partial charge on any atom is 0.231 e. The first-order valence-corrected chi connectivity index (χ1v) is 10.1. The maximum atomic E-state index is 12.6. The second-order valence-corrected chi connectivity index (χ2v) is 7.44. The first-order chi connectivity index (χ1) is 15.0. The number of fused-ring (bicyclic) bond motifs is 1. The van der Waals surface area contributed by atoms with Gasteiger partial charge in [0.1, 0.15) is 23.9 Å². The number of aryl methyl sites for hydroxylation is 2. The molecule has 3 aromatic rings. The molecule has 1 aliphatic rings. The van der Waals surface area contributed by atoms with Gasteiger partial charge in [-0.3, -0.25) is 4.79 Å². The van der Waals surface area contributed by atoms with E-state index in [-0.39, 0.29) is 11.5 Å². The molecule has 0 amide bonds. The van der Waals surface area contributed by atoms with E-state index in [1.807, 2.05) is 30.3 Å². The van der Waals surface area contributed by atoms with Gasteiger partial charge in [-0.05, 0) is 49.2 Å². The molecule has 4 heteroatoms. The molecule has 0 fully saturated rings. The van der Waals surface area contributed by atoms with Gasteiger partial charge in [0.15, 0.2) is 5.76 Å². The molecular formula is C27H24O4. The molecule has 0 radical (unpaired) electrons. The van der Waals surface area contributed by atoms with Gasteiger partial charge < -0.3 is 14.2 Å². The monoisotopic (exact) mass is 412 g/mol. The molecule has 0 saturated heterocycles. The molecule has 0 aliphatic carbocycles. The summed E-state index contributed by atoms with van der Waals surface area (Å²) >= 11 is 0. The van der Waals surface area contributed by atoms with Gasteiger partial charge >= 0.3 is 0 Å². The van der Waals surface area contributed by atoms with Crippen LogP contribution in [0.15, 0.2) is 78.6 Å². The molecule has 0 spiro atoms. The van der Waals surface area contributed by atoms with Crippen LogP contribution in [0.4, 0.5) is 0 Å². The van der Waals surface area contributed by atoms with E-state index in [4.69, 9.17) is 14.2 Å². The molecule has 0 N–H and O–H groups in total. The number of hydrogen-bond donors (Lipinski definition) is 0. The van der Waals surface area contributed by atoms with Gasteiger partial charge in [-0.15, -0.1) is 0 Å². The number of carbonyl (C=O) groups is 1. The van der Waals surface area contributed by atoms with Gasteiger partial charge in [0.05, 0.1) is 12.7 Å². The largest absolute Gasteiger partial charge is 0.496 e. The van der Waals surface area contributed by atoms with Gasteiger partial charge in [-0.25, -0.2) is 0 Å². The highest BCUT2D eigenvalue weighted by atomic mass is 16.5. The van der Waals surface area contributed by atoms with E-state index in [9.17, 15) is 4.79 Å². The third-order valence-electron chi connectivity index (χ3n) is 5.20. The minimum Gasteiger partial charge on any atom is -0.496 e. The maximum absolute atomic E-state index is 12.6. The van der Waals surface area contributed by atoms with Crippen molar-refractivity contribution in [2.75, 3.05) is 7.11 Å². The molecular weight excluding hydrogens is 388 g/mol. The van der Waals surface area contributed by atoms with E-state index in [0.717, 1.165) is 16.9 Å². The molecule has 0 aromatic heterocycles. The number of methoxy groups -OCH3 is 1. The van der Waals surface area contributed by atoms with Crippen molar-refractivity contribution in [1.29, 1.82) is 0 Å². The Morgan fingerprint density at radius 2 is 1.84 bits per heavy atom. The van der Waals surface area contributed by atoms with Crippen LogP contribution in [0.25, 0.3) is 6.08 Å². The standard InChI is InChI=1S/C27H24O4/c1-18-11-12-19(2)21(15-18)17-30-22-13-14-23-26(16-22)31-25(27(23)28)10-6-8-20-7-4-5-9-24(20)29-3/h4-16H,17H2,1-3H3/b8-6+,25-10+. The van der Waals surface area contributed by atoms with E-state index in [2.05, 4.69) is 32.0 Å². The van der Waals surface area contributed by atoms with Crippen LogP contribution in [-0.4, -0.2) is 12.9 Å². The second-order valence-electron chi connectivity index (χ2n) is 7.44. The quantitative estimate of drug-likeness (QED) is 0.462. The summed E-state index contributed by atoms with van der Waals surface area (Å²) in [5.41, 5.74) is 4.98. The molecule has 0 bridgehead atoms. The Morgan fingerprint density at radius 1 is 1.00 bits per heavy atom. The number of Topliss-reactive ketones (excluding diaryl/α,β-unsaturated/α-hetero) is 1. The topological polar surface area (TPSA) is 44.8 Å². The normalized spacial score (nSPS) is 14.0. The van der Waals surface area contributed by atoms with Crippen molar-refractivity contribution >= 4 is 11.9 Å². The minimum atomic E-state index is -0.138. The zero-order valence-corrected chi connectivity index (χ0v) is 17.8. The molecule has 1 aliphatic heterocycles. The lowest BCUT2D eigenvalue weighted by Gasteiger charge is -2.10. The summed E-state index contributed by atoms with van der Waals surface area (Å²) in [5.74, 6) is 2.09. The predicted molar refractivity (Wildman–Crippen MR) is 122 cm³/mol. The first kappa shape index (κ1) is 20.5. The summed E-state index contributed by atoms with van der Waals surface area (Å²) in [4.78, 5) is 12.6. The van der Waals surface area contributed by atoms with E-state index in [1.165, 1.54) is 11.1 Å². The van der Waals surface area contributed by atoms with Crippen LogP contribution in [0.3, 0.4) is 0 Å². The summed E-state index contributed by atoms with van der Waals surface area (Å²) in [6.07, 6.45) is 5.34. The van der Waals surface area contributed by atoms with E-state index >= 15 is 0 Å². The highest BCUT2D eigenvalue weighted by molar-refractivity contribution is 6.12. The molecule has 31 heavy (non-hydrogen) atoms. The van der Waals surface area contributed by atoms with Gasteiger partial charge in [-0.1, -0.05) is 54.1 Å². The number of benzene rings is 3. The van der Waals surface area contributed by atoms with Gasteiger partial charge in [-0.2, -0.15) is 0 Å². The third kappa shape index (κ3) is 4.53. The van der Waals surface area contributed by atoms with Crippen LogP contribution in [0.5, 0.6) is 17.2 Å². The van der Waals surface area contributed by atoms with Crippen LogP contribution >= 0.6 is 0 Å². The minimum absolute atomic E-state index is 0.138. The number of allylic oxidation sites excluding steroid dienone is 3. The van der Waals surface area contributed by atoms with E-state index < -0.39 is 0 Å². The fourth-order valence-electron chi connectivity index (χ4n) is 3.43. The zero-order valence-electron chi connectivity index (χ0n) is 17.8. The van der Waals surface area contributed by atoms with E-state index in [0.29, 0.717) is 23.7 Å². The lowest BCUT2D eigenvalue weighted by molar-refractivity contribution is 0.101. The molecule has 3 aromatic carbocycles. The van der Waals surface area contributed by atoms with Crippen molar-refractivity contribution in [3.05, 3.63) is 106 Å². The van der Waals surface area contributed by atoms with Crippen LogP contribution in [-0.2, 0) is 6.61 Å². The SMILES string of the molecule is COc1ccccc1/C=C/C=C1/Oc2cc(OCc3cc(C)ccc3C)ccc2C1=O. The van der Waals surface area contributed by atoms with Crippen molar-refractivity contribution in [2.24, 2.45) is 0 Å². The van der Waals surface area contributed by atoms with Gasteiger partial charge in [0, 0.05) is 11.6 Å². The molecule has 0 unspecified atom stereocenters. The Kier molecular flexibility index (Phi) is 5.89. The molecule has 0 saturated carbocycles. The average molecular weight is 412 g/mol. The highest BCUT2D eigenvalue weighted by Gasteiger charge is 2.27. The van der Waals surface area contributed by atoms with Crippen molar-refractivity contribution < 1.29 is 19.0 Å². The number of hydrogen-bond acceptors (Lipinski definition) is 4. The Hall–Kier alpha value is -3.79. The predicted octanol–water partition coefficient (Wildman–Crippen LogP) is 6.06. The van der Waals surface area contributed by atoms with Crippen molar-refractivity contribution in [2.45, 2.75) is 20.5 Å². The summed E-state index contributed by atoms with van der Waals surface area (Å²) in [5, 5.41) is 0. The Bertz CT molecular complexity index is 1190. The summed E-state index contributed by atoms with van der Waals surface area (Å²) in [6, 6.07) is 19.3. The van der Waals surface area contributed by atoms with Crippen LogP contribution < -0.4 is 14.2 Å². The van der Waals surface area contributed by atoms with Crippen molar-refractivity contribution in [1.82, 2.24) is 0 Å². The molecule has 1 heterocycles. The van der Waals surface area contributed by atoms with Crippen LogP contribution in [0.1, 0.15) is 32.6 Å². The summed E-state index contributed by atoms with van der Waals surface area (Å²) in [7, 11) is 1.63. The number of rotatable bonds is 6. The van der Waals surface area contributed by atoms with Gasteiger partial charge in [0.2, 0.25) is 5.78 Å². The van der Waals surface area contributed by atoms with Crippen molar-refractivity contribution in [3.8, 4) is 17.2 Å². The third-order valence-corrected chi connectivity index (χ3v) is 5.20. The number of ether oxygens (including phenoxy) is 3. The lowest BCUT2D eigenvalue weighted by atomic mass is 10.1. The fraction of sp³-hybridized carbons (Fsp3) is 0.148. The molecule has 156 valence electrons. The average Bonchev–Trinajstić information content (AvgIpc) is 3.09. The molecule has 4 rings (SSSR count). The Balaban J connectivity index is 1.47. The second kappa shape index (κ2) is 8.92. The number of ketones is 1. The van der Waals surface area contributed by atoms with E-state index in [1.54, 1.807) is 37.5 Å². The number of carbonyl (C=O) groups excluding carboxylic acids is 1. The Morgan fingerprint density at radius 3 is 2.68 bits per heavy atom. The van der Waals surface area contributed by atoms with Crippen molar-refractivity contribution in [3.63, 3.8) is 0 Å². The van der Waals surface area contributed by atoms with Crippen LogP contribution in [0, 0.1) is 13.8 Å². The zero-order chi connectivity index (χ0) is 21.8. The number of para-hydroxylation sites is 1. The van der Waals surface area contributed by atoms with Gasteiger partial charge in [0.25, 0.3) is 0 Å². The Labute approximate surface area is 182 Å². The summed E-state index contributed by atoms with van der Waals surface area (Å²) in [6.45, 7) is 4.59. The lowest BCUT2D eigenvalue weighted by Crippen LogP contribution is -1.99. The fourth-order valence-corrected chi connectivity index (χ4v) is 3.43. The summed E-state index contributed by atoms with van der Waals surface area (Å²) < 4.78 is 17.1. The molecule has 0 atom stereocenters. The smallest absolute Gasteiger partial charge is 0.231 e. The van der Waals surface area contributed by atoms with Crippen LogP contribution in [0.2, 0.25) is 0 Å².